The number of aromatic amines is 1. The fraction of sp³-hybridized carbons (Fsp3) is 0. The summed E-state index contributed by atoms with van der Waals surface area (Å²) in [7, 11) is 0. The van der Waals surface area contributed by atoms with Gasteiger partial charge in [0.15, 0.2) is 0 Å². The molecule has 0 unspecified atom stereocenters. The summed E-state index contributed by atoms with van der Waals surface area (Å²) in [5.41, 5.74) is 7.49. The van der Waals surface area contributed by atoms with Gasteiger partial charge in [-0.25, -0.2) is 0 Å². The van der Waals surface area contributed by atoms with Crippen molar-refractivity contribution >= 4 is 5.82 Å². The Labute approximate surface area is 110 Å². The Hall–Kier alpha value is -2.75. The quantitative estimate of drug-likeness (QED) is 0.749. The monoisotopic (exact) mass is 251 g/mol. The number of nitrogens with one attached hydrogen (secondary N) is 1. The van der Waals surface area contributed by atoms with Crippen LogP contribution >= 0.6 is 0 Å². The second-order valence-electron chi connectivity index (χ2n) is 4.15. The zero-order valence-corrected chi connectivity index (χ0v) is 10.2. The zero-order chi connectivity index (χ0) is 13.1. The first-order valence-corrected chi connectivity index (χ1v) is 5.95. The standard InChI is InChI=1S/C15H13N3O/c16-15-10-14(17-18-15)11-6-8-13(9-7-11)19-12-4-2-1-3-5-12/h1-10H,(H3,16,17,18). The Morgan fingerprint density at radius 2 is 1.58 bits per heavy atom. The smallest absolute Gasteiger partial charge is 0.145 e. The molecule has 3 rings (SSSR count). The first kappa shape index (κ1) is 11.3. The van der Waals surface area contributed by atoms with Gasteiger partial charge in [-0.3, -0.25) is 5.10 Å². The maximum absolute atomic E-state index is 5.72. The van der Waals surface area contributed by atoms with Gasteiger partial charge in [0.05, 0.1) is 5.69 Å². The van der Waals surface area contributed by atoms with Crippen LogP contribution in [0.15, 0.2) is 60.7 Å². The maximum Gasteiger partial charge on any atom is 0.145 e. The first-order valence-electron chi connectivity index (χ1n) is 5.95. The summed E-state index contributed by atoms with van der Waals surface area (Å²) in [6.07, 6.45) is 0. The van der Waals surface area contributed by atoms with Crippen LogP contribution < -0.4 is 10.5 Å². The number of nitrogen functional groups attached to an aromatic ring is 1. The Morgan fingerprint density at radius 1 is 0.895 bits per heavy atom. The van der Waals surface area contributed by atoms with Gasteiger partial charge in [-0.1, -0.05) is 18.2 Å². The van der Waals surface area contributed by atoms with Crippen molar-refractivity contribution in [2.45, 2.75) is 0 Å². The Bertz CT molecular complexity index is 659. The van der Waals surface area contributed by atoms with Gasteiger partial charge in [0, 0.05) is 6.07 Å². The van der Waals surface area contributed by atoms with E-state index in [1.165, 1.54) is 0 Å². The van der Waals surface area contributed by atoms with E-state index in [1.807, 2.05) is 54.6 Å². The van der Waals surface area contributed by atoms with E-state index in [-0.39, 0.29) is 0 Å². The minimum atomic E-state index is 0.486. The van der Waals surface area contributed by atoms with E-state index in [0.29, 0.717) is 5.82 Å². The number of nitrogens with two attached hydrogens (primary N) is 1. The molecule has 0 saturated carbocycles. The van der Waals surface area contributed by atoms with Crippen molar-refractivity contribution in [3.8, 4) is 22.8 Å². The van der Waals surface area contributed by atoms with Gasteiger partial charge < -0.3 is 10.5 Å². The van der Waals surface area contributed by atoms with Crippen LogP contribution in [-0.4, -0.2) is 10.2 Å². The van der Waals surface area contributed by atoms with E-state index in [1.54, 1.807) is 6.07 Å². The first-order chi connectivity index (χ1) is 9.31. The van der Waals surface area contributed by atoms with E-state index < -0.39 is 0 Å². The highest BCUT2D eigenvalue weighted by Crippen LogP contribution is 2.25. The molecule has 19 heavy (non-hydrogen) atoms. The van der Waals surface area contributed by atoms with Gasteiger partial charge in [-0.2, -0.15) is 5.10 Å². The van der Waals surface area contributed by atoms with Crippen LogP contribution in [0, 0.1) is 0 Å². The summed E-state index contributed by atoms with van der Waals surface area (Å²) in [6, 6.07) is 19.2. The summed E-state index contributed by atoms with van der Waals surface area (Å²) < 4.78 is 5.72. The molecule has 1 heterocycles. The highest BCUT2D eigenvalue weighted by molar-refractivity contribution is 5.62. The van der Waals surface area contributed by atoms with E-state index in [2.05, 4.69) is 10.2 Å². The molecule has 3 aromatic rings. The largest absolute Gasteiger partial charge is 0.457 e. The van der Waals surface area contributed by atoms with Gasteiger partial charge in [-0.15, -0.1) is 0 Å². The van der Waals surface area contributed by atoms with Crippen LogP contribution in [0.1, 0.15) is 0 Å². The molecule has 0 bridgehead atoms. The molecule has 1 aromatic heterocycles. The molecule has 0 amide bonds. The average Bonchev–Trinajstić information content (AvgIpc) is 2.87. The minimum absolute atomic E-state index is 0.486. The van der Waals surface area contributed by atoms with Crippen LogP contribution in [0.4, 0.5) is 5.82 Å². The van der Waals surface area contributed by atoms with Crippen LogP contribution in [0.5, 0.6) is 11.5 Å². The third-order valence-corrected chi connectivity index (χ3v) is 2.74. The van der Waals surface area contributed by atoms with Crippen molar-refractivity contribution in [2.75, 3.05) is 5.73 Å². The highest BCUT2D eigenvalue weighted by atomic mass is 16.5. The molecule has 0 atom stereocenters. The van der Waals surface area contributed by atoms with Gasteiger partial charge in [0.1, 0.15) is 17.3 Å². The molecule has 4 nitrogen and oxygen atoms in total. The molecular formula is C15H13N3O. The Kier molecular flexibility index (Phi) is 2.90. The van der Waals surface area contributed by atoms with Crippen LogP contribution in [0.25, 0.3) is 11.3 Å². The van der Waals surface area contributed by atoms with Gasteiger partial charge in [0.25, 0.3) is 0 Å². The molecule has 0 aliphatic heterocycles. The number of ether oxygens (including phenoxy) is 1. The van der Waals surface area contributed by atoms with Crippen molar-refractivity contribution in [1.29, 1.82) is 0 Å². The van der Waals surface area contributed by atoms with Crippen LogP contribution in [0.3, 0.4) is 0 Å². The van der Waals surface area contributed by atoms with E-state index in [0.717, 1.165) is 22.8 Å². The number of benzene rings is 2. The average molecular weight is 251 g/mol. The lowest BCUT2D eigenvalue weighted by Gasteiger charge is -2.05. The number of hydrogen-bond acceptors (Lipinski definition) is 3. The maximum atomic E-state index is 5.72. The Morgan fingerprint density at radius 3 is 2.21 bits per heavy atom. The number of anilines is 1. The number of para-hydroxylation sites is 1. The van der Waals surface area contributed by atoms with Crippen molar-refractivity contribution < 1.29 is 4.74 Å². The predicted molar refractivity (Wildman–Crippen MR) is 75.0 cm³/mol. The Balaban J connectivity index is 1.79. The van der Waals surface area contributed by atoms with E-state index in [4.69, 9.17) is 10.5 Å². The van der Waals surface area contributed by atoms with Gasteiger partial charge in [0.2, 0.25) is 0 Å². The highest BCUT2D eigenvalue weighted by Gasteiger charge is 2.02. The molecule has 0 aliphatic carbocycles. The minimum Gasteiger partial charge on any atom is -0.457 e. The van der Waals surface area contributed by atoms with E-state index in [9.17, 15) is 0 Å². The van der Waals surface area contributed by atoms with Crippen molar-refractivity contribution in [1.82, 2.24) is 10.2 Å². The topological polar surface area (TPSA) is 63.9 Å². The summed E-state index contributed by atoms with van der Waals surface area (Å²) in [6.45, 7) is 0. The molecule has 0 spiro atoms. The number of rotatable bonds is 3. The number of aromatic nitrogens is 2. The van der Waals surface area contributed by atoms with E-state index >= 15 is 0 Å². The number of nitrogens with zero attached hydrogens (tertiary/aromatic N) is 1. The van der Waals surface area contributed by atoms with Crippen LogP contribution in [-0.2, 0) is 0 Å². The fourth-order valence-corrected chi connectivity index (χ4v) is 1.81. The molecule has 0 radical (unpaired) electrons. The SMILES string of the molecule is Nc1cc(-c2ccc(Oc3ccccc3)cc2)[nH]n1. The fourth-order valence-electron chi connectivity index (χ4n) is 1.81. The second-order valence-corrected chi connectivity index (χ2v) is 4.15. The predicted octanol–water partition coefficient (Wildman–Crippen LogP) is 3.45. The third-order valence-electron chi connectivity index (χ3n) is 2.74. The van der Waals surface area contributed by atoms with Crippen molar-refractivity contribution in [2.24, 2.45) is 0 Å². The lowest BCUT2D eigenvalue weighted by molar-refractivity contribution is 0.483. The lowest BCUT2D eigenvalue weighted by Crippen LogP contribution is -1.84. The molecule has 3 N–H and O–H groups in total. The van der Waals surface area contributed by atoms with Crippen molar-refractivity contribution in [3.63, 3.8) is 0 Å². The summed E-state index contributed by atoms with van der Waals surface area (Å²) in [4.78, 5) is 0. The summed E-state index contributed by atoms with van der Waals surface area (Å²) in [5.74, 6) is 2.10. The zero-order valence-electron chi connectivity index (χ0n) is 10.2. The van der Waals surface area contributed by atoms with Gasteiger partial charge in [-0.05, 0) is 42.0 Å². The molecular weight excluding hydrogens is 238 g/mol. The van der Waals surface area contributed by atoms with Gasteiger partial charge >= 0.3 is 0 Å². The summed E-state index contributed by atoms with van der Waals surface area (Å²) in [5, 5.41) is 6.78. The summed E-state index contributed by atoms with van der Waals surface area (Å²) >= 11 is 0. The molecule has 0 aliphatic rings. The molecule has 0 saturated heterocycles. The normalized spacial score (nSPS) is 10.3. The van der Waals surface area contributed by atoms with Crippen LogP contribution in [0.2, 0.25) is 0 Å². The number of hydrogen-bond donors (Lipinski definition) is 2. The molecule has 94 valence electrons. The third kappa shape index (κ3) is 2.57. The second kappa shape index (κ2) is 4.86. The van der Waals surface area contributed by atoms with Crippen molar-refractivity contribution in [3.05, 3.63) is 60.7 Å². The molecule has 0 fully saturated rings. The lowest BCUT2D eigenvalue weighted by atomic mass is 10.1. The number of H-pyrrole nitrogens is 1. The molecule has 2 aromatic carbocycles. The molecule has 4 heteroatoms.